The van der Waals surface area contributed by atoms with Crippen LogP contribution in [0, 0.1) is 5.92 Å². The number of amides is 1. The lowest BCUT2D eigenvalue weighted by Crippen LogP contribution is -2.38. The number of carbonyl (C=O) groups excluding carboxylic acids is 1. The first-order valence-electron chi connectivity index (χ1n) is 5.64. The Balaban J connectivity index is 2.25. The SMILES string of the molecule is CC(NC(=O)CCS)C1CCCCC1. The lowest BCUT2D eigenvalue weighted by molar-refractivity contribution is -0.121. The Kier molecular flexibility index (Phi) is 5.38. The summed E-state index contributed by atoms with van der Waals surface area (Å²) in [6.07, 6.45) is 7.13. The molecule has 3 heteroatoms. The first-order valence-corrected chi connectivity index (χ1v) is 6.27. The molecule has 1 fully saturated rings. The molecule has 2 nitrogen and oxygen atoms in total. The monoisotopic (exact) mass is 215 g/mol. The third kappa shape index (κ3) is 3.91. The Morgan fingerprint density at radius 3 is 2.64 bits per heavy atom. The summed E-state index contributed by atoms with van der Waals surface area (Å²) < 4.78 is 0. The topological polar surface area (TPSA) is 29.1 Å². The van der Waals surface area contributed by atoms with E-state index in [1.807, 2.05) is 0 Å². The molecular weight excluding hydrogens is 194 g/mol. The van der Waals surface area contributed by atoms with E-state index in [0.717, 1.165) is 0 Å². The van der Waals surface area contributed by atoms with Gasteiger partial charge in [-0.3, -0.25) is 4.79 Å². The van der Waals surface area contributed by atoms with Crippen molar-refractivity contribution in [3.8, 4) is 0 Å². The molecule has 1 atom stereocenters. The Morgan fingerprint density at radius 2 is 2.07 bits per heavy atom. The predicted octanol–water partition coefficient (Wildman–Crippen LogP) is 2.39. The minimum atomic E-state index is 0.151. The summed E-state index contributed by atoms with van der Waals surface area (Å²) in [7, 11) is 0. The van der Waals surface area contributed by atoms with E-state index in [0.29, 0.717) is 24.1 Å². The van der Waals surface area contributed by atoms with Crippen molar-refractivity contribution in [3.05, 3.63) is 0 Å². The summed E-state index contributed by atoms with van der Waals surface area (Å²) in [5.74, 6) is 1.49. The van der Waals surface area contributed by atoms with Crippen LogP contribution in [0.1, 0.15) is 45.4 Å². The number of hydrogen-bond donors (Lipinski definition) is 2. The summed E-state index contributed by atoms with van der Waals surface area (Å²) in [6.45, 7) is 2.13. The Hall–Kier alpha value is -0.180. The summed E-state index contributed by atoms with van der Waals surface area (Å²) >= 11 is 4.05. The molecule has 0 heterocycles. The zero-order valence-electron chi connectivity index (χ0n) is 8.96. The molecule has 1 aliphatic rings. The third-order valence-electron chi connectivity index (χ3n) is 3.08. The van der Waals surface area contributed by atoms with E-state index in [9.17, 15) is 4.79 Å². The van der Waals surface area contributed by atoms with Crippen molar-refractivity contribution in [3.63, 3.8) is 0 Å². The van der Waals surface area contributed by atoms with Crippen LogP contribution >= 0.6 is 12.6 Å². The molecule has 1 aliphatic carbocycles. The second-order valence-electron chi connectivity index (χ2n) is 4.23. The average Bonchev–Trinajstić information content (AvgIpc) is 2.19. The van der Waals surface area contributed by atoms with Crippen LogP contribution in [-0.2, 0) is 4.79 Å². The van der Waals surface area contributed by atoms with Crippen LogP contribution in [-0.4, -0.2) is 17.7 Å². The number of nitrogens with one attached hydrogen (secondary N) is 1. The molecule has 0 aromatic heterocycles. The molecule has 1 rings (SSSR count). The van der Waals surface area contributed by atoms with Gasteiger partial charge in [0, 0.05) is 12.5 Å². The Bertz CT molecular complexity index is 178. The highest BCUT2D eigenvalue weighted by Gasteiger charge is 2.20. The normalized spacial score (nSPS) is 20.4. The first kappa shape index (κ1) is 11.9. The number of rotatable bonds is 4. The van der Waals surface area contributed by atoms with Crippen LogP contribution in [0.3, 0.4) is 0 Å². The molecular formula is C11H21NOS. The molecule has 0 saturated heterocycles. The maximum atomic E-state index is 11.3. The lowest BCUT2D eigenvalue weighted by Gasteiger charge is -2.28. The fourth-order valence-corrected chi connectivity index (χ4v) is 2.38. The van der Waals surface area contributed by atoms with Crippen LogP contribution in [0.4, 0.5) is 0 Å². The zero-order chi connectivity index (χ0) is 10.4. The smallest absolute Gasteiger partial charge is 0.221 e. The molecule has 0 spiro atoms. The highest BCUT2D eigenvalue weighted by atomic mass is 32.1. The standard InChI is InChI=1S/C11H21NOS/c1-9(12-11(13)7-8-14)10-5-3-2-4-6-10/h9-10,14H,2-8H2,1H3,(H,12,13). The first-order chi connectivity index (χ1) is 6.74. The lowest BCUT2D eigenvalue weighted by atomic mass is 9.84. The van der Waals surface area contributed by atoms with Gasteiger partial charge in [-0.25, -0.2) is 0 Å². The number of hydrogen-bond acceptors (Lipinski definition) is 2. The van der Waals surface area contributed by atoms with Crippen molar-refractivity contribution >= 4 is 18.5 Å². The number of thiol groups is 1. The fraction of sp³-hybridized carbons (Fsp3) is 0.909. The molecule has 1 amide bonds. The van der Waals surface area contributed by atoms with E-state index < -0.39 is 0 Å². The average molecular weight is 215 g/mol. The number of carbonyl (C=O) groups is 1. The predicted molar refractivity (Wildman–Crippen MR) is 62.6 cm³/mol. The van der Waals surface area contributed by atoms with E-state index in [1.165, 1.54) is 32.1 Å². The molecule has 1 saturated carbocycles. The van der Waals surface area contributed by atoms with Gasteiger partial charge in [-0.15, -0.1) is 0 Å². The molecule has 1 unspecified atom stereocenters. The Labute approximate surface area is 92.2 Å². The largest absolute Gasteiger partial charge is 0.353 e. The quantitative estimate of drug-likeness (QED) is 0.693. The van der Waals surface area contributed by atoms with Gasteiger partial charge in [0.1, 0.15) is 0 Å². The van der Waals surface area contributed by atoms with Gasteiger partial charge in [-0.1, -0.05) is 19.3 Å². The molecule has 0 aromatic carbocycles. The highest BCUT2D eigenvalue weighted by molar-refractivity contribution is 7.80. The summed E-state index contributed by atoms with van der Waals surface area (Å²) in [5.41, 5.74) is 0. The second-order valence-corrected chi connectivity index (χ2v) is 4.68. The van der Waals surface area contributed by atoms with Crippen molar-refractivity contribution < 1.29 is 4.79 Å². The molecule has 0 radical (unpaired) electrons. The maximum absolute atomic E-state index is 11.3. The minimum absolute atomic E-state index is 0.151. The van der Waals surface area contributed by atoms with Crippen LogP contribution in [0.5, 0.6) is 0 Å². The van der Waals surface area contributed by atoms with Crippen molar-refractivity contribution in [2.75, 3.05) is 5.75 Å². The Morgan fingerprint density at radius 1 is 1.43 bits per heavy atom. The summed E-state index contributed by atoms with van der Waals surface area (Å²) in [5, 5.41) is 3.06. The van der Waals surface area contributed by atoms with Crippen LogP contribution < -0.4 is 5.32 Å². The molecule has 0 bridgehead atoms. The van der Waals surface area contributed by atoms with Crippen molar-refractivity contribution in [2.45, 2.75) is 51.5 Å². The summed E-state index contributed by atoms with van der Waals surface area (Å²) in [6, 6.07) is 0.350. The highest BCUT2D eigenvalue weighted by Crippen LogP contribution is 2.26. The van der Waals surface area contributed by atoms with Gasteiger partial charge in [-0.05, 0) is 31.4 Å². The van der Waals surface area contributed by atoms with E-state index in [-0.39, 0.29) is 5.91 Å². The van der Waals surface area contributed by atoms with Gasteiger partial charge >= 0.3 is 0 Å². The second kappa shape index (κ2) is 6.33. The summed E-state index contributed by atoms with van der Waals surface area (Å²) in [4.78, 5) is 11.3. The molecule has 14 heavy (non-hydrogen) atoms. The molecule has 0 aromatic rings. The van der Waals surface area contributed by atoms with Gasteiger partial charge in [-0.2, -0.15) is 12.6 Å². The van der Waals surface area contributed by atoms with E-state index in [2.05, 4.69) is 24.9 Å². The minimum Gasteiger partial charge on any atom is -0.353 e. The van der Waals surface area contributed by atoms with Crippen LogP contribution in [0.25, 0.3) is 0 Å². The zero-order valence-corrected chi connectivity index (χ0v) is 9.85. The van der Waals surface area contributed by atoms with Crippen LogP contribution in [0.15, 0.2) is 0 Å². The van der Waals surface area contributed by atoms with Gasteiger partial charge in [0.15, 0.2) is 0 Å². The van der Waals surface area contributed by atoms with E-state index in [1.54, 1.807) is 0 Å². The maximum Gasteiger partial charge on any atom is 0.221 e. The van der Waals surface area contributed by atoms with Crippen LogP contribution in [0.2, 0.25) is 0 Å². The van der Waals surface area contributed by atoms with E-state index in [4.69, 9.17) is 0 Å². The van der Waals surface area contributed by atoms with Gasteiger partial charge in [0.05, 0.1) is 0 Å². The van der Waals surface area contributed by atoms with Gasteiger partial charge < -0.3 is 5.32 Å². The van der Waals surface area contributed by atoms with Crippen molar-refractivity contribution in [2.24, 2.45) is 5.92 Å². The van der Waals surface area contributed by atoms with Gasteiger partial charge in [0.2, 0.25) is 5.91 Å². The van der Waals surface area contributed by atoms with E-state index >= 15 is 0 Å². The molecule has 1 N–H and O–H groups in total. The molecule has 0 aliphatic heterocycles. The van der Waals surface area contributed by atoms with Crippen molar-refractivity contribution in [1.82, 2.24) is 5.32 Å². The fourth-order valence-electron chi connectivity index (χ4n) is 2.18. The van der Waals surface area contributed by atoms with Crippen molar-refractivity contribution in [1.29, 1.82) is 0 Å². The van der Waals surface area contributed by atoms with Gasteiger partial charge in [0.25, 0.3) is 0 Å². The third-order valence-corrected chi connectivity index (χ3v) is 3.31. The molecule has 82 valence electrons.